The number of fused-ring (bicyclic) bond motifs is 1. The predicted octanol–water partition coefficient (Wildman–Crippen LogP) is 3.96. The smallest absolute Gasteiger partial charge is 0.226 e. The summed E-state index contributed by atoms with van der Waals surface area (Å²) in [5, 5.41) is 0.851. The Morgan fingerprint density at radius 1 is 0.971 bits per heavy atom. The van der Waals surface area contributed by atoms with Gasteiger partial charge in [0.1, 0.15) is 0 Å². The number of aryl methyl sites for hydroxylation is 1. The molecule has 1 atom stereocenters. The minimum Gasteiger partial charge on any atom is -0.342 e. The Labute approximate surface area is 207 Å². The molecule has 1 aromatic heterocycles. The molecule has 8 heteroatoms. The Hall–Kier alpha value is -3.00. The molecule has 0 spiro atoms. The van der Waals surface area contributed by atoms with Gasteiger partial charge in [0.15, 0.2) is 9.84 Å². The lowest BCUT2D eigenvalue weighted by Gasteiger charge is -2.38. The molecule has 0 radical (unpaired) electrons. The number of sulfone groups is 1. The van der Waals surface area contributed by atoms with Crippen LogP contribution in [0.1, 0.15) is 42.9 Å². The van der Waals surface area contributed by atoms with Crippen molar-refractivity contribution >= 4 is 32.6 Å². The first-order valence-electron chi connectivity index (χ1n) is 12.4. The number of hydrogen-bond acceptors (Lipinski definition) is 6. The SMILES string of the molecule is Cc1nc(N2CCC(C(=O)N3CCCC(c4ccccc4)C3)CC2)nc2cc(S(C)(=O)=O)ccc12. The van der Waals surface area contributed by atoms with Crippen LogP contribution in [0.15, 0.2) is 53.4 Å². The van der Waals surface area contributed by atoms with E-state index in [-0.39, 0.29) is 16.7 Å². The molecule has 184 valence electrons. The molecule has 0 saturated carbocycles. The molecule has 2 aromatic carbocycles. The van der Waals surface area contributed by atoms with Crippen LogP contribution >= 0.6 is 0 Å². The van der Waals surface area contributed by atoms with Crippen LogP contribution in [-0.2, 0) is 14.6 Å². The number of aromatic nitrogens is 2. The maximum atomic E-state index is 13.4. The van der Waals surface area contributed by atoms with Gasteiger partial charge in [-0.2, -0.15) is 0 Å². The van der Waals surface area contributed by atoms with E-state index in [1.807, 2.05) is 13.0 Å². The van der Waals surface area contributed by atoms with Crippen LogP contribution in [0.2, 0.25) is 0 Å². The molecule has 1 unspecified atom stereocenters. The number of carbonyl (C=O) groups is 1. The minimum absolute atomic E-state index is 0.0270. The highest BCUT2D eigenvalue weighted by atomic mass is 32.2. The van der Waals surface area contributed by atoms with Crippen LogP contribution < -0.4 is 4.90 Å². The van der Waals surface area contributed by atoms with Gasteiger partial charge in [-0.15, -0.1) is 0 Å². The van der Waals surface area contributed by atoms with Crippen LogP contribution in [0.3, 0.4) is 0 Å². The lowest BCUT2D eigenvalue weighted by atomic mass is 9.88. The lowest BCUT2D eigenvalue weighted by molar-refractivity contribution is -0.137. The summed E-state index contributed by atoms with van der Waals surface area (Å²) in [6.45, 7) is 4.99. The zero-order chi connectivity index (χ0) is 24.6. The van der Waals surface area contributed by atoms with E-state index in [0.29, 0.717) is 30.5 Å². The summed E-state index contributed by atoms with van der Waals surface area (Å²) >= 11 is 0. The van der Waals surface area contributed by atoms with Crippen LogP contribution in [-0.4, -0.2) is 61.6 Å². The normalized spacial score (nSPS) is 19.8. The second-order valence-corrected chi connectivity index (χ2v) is 11.9. The summed E-state index contributed by atoms with van der Waals surface area (Å²) in [5.41, 5.74) is 2.78. The maximum absolute atomic E-state index is 13.4. The summed E-state index contributed by atoms with van der Waals surface area (Å²) in [7, 11) is -3.31. The summed E-state index contributed by atoms with van der Waals surface area (Å²) in [4.78, 5) is 27.2. The van der Waals surface area contributed by atoms with Gasteiger partial charge < -0.3 is 9.80 Å². The van der Waals surface area contributed by atoms with Crippen LogP contribution in [0, 0.1) is 12.8 Å². The van der Waals surface area contributed by atoms with Crippen molar-refractivity contribution in [2.45, 2.75) is 43.4 Å². The van der Waals surface area contributed by atoms with Gasteiger partial charge in [0.05, 0.1) is 16.1 Å². The highest BCUT2D eigenvalue weighted by molar-refractivity contribution is 7.90. The number of piperidine rings is 2. The average molecular weight is 493 g/mol. The number of carbonyl (C=O) groups excluding carboxylic acids is 1. The second-order valence-electron chi connectivity index (χ2n) is 9.86. The van der Waals surface area contributed by atoms with E-state index >= 15 is 0 Å². The Bertz CT molecular complexity index is 1340. The van der Waals surface area contributed by atoms with E-state index in [4.69, 9.17) is 9.97 Å². The third kappa shape index (κ3) is 5.03. The van der Waals surface area contributed by atoms with Crippen molar-refractivity contribution in [1.29, 1.82) is 0 Å². The van der Waals surface area contributed by atoms with Gasteiger partial charge in [0.25, 0.3) is 0 Å². The van der Waals surface area contributed by atoms with Crippen molar-refractivity contribution < 1.29 is 13.2 Å². The number of amides is 1. The molecule has 0 N–H and O–H groups in total. The number of rotatable bonds is 4. The summed E-state index contributed by atoms with van der Waals surface area (Å²) in [6.07, 6.45) is 4.93. The molecule has 2 aliphatic rings. The Morgan fingerprint density at radius 2 is 1.71 bits per heavy atom. The van der Waals surface area contributed by atoms with E-state index < -0.39 is 9.84 Å². The van der Waals surface area contributed by atoms with Gasteiger partial charge in [-0.05, 0) is 56.4 Å². The van der Waals surface area contributed by atoms with Crippen LogP contribution in [0.4, 0.5) is 5.95 Å². The first-order chi connectivity index (χ1) is 16.8. The molecular weight excluding hydrogens is 460 g/mol. The number of anilines is 1. The van der Waals surface area contributed by atoms with Gasteiger partial charge in [0.2, 0.25) is 11.9 Å². The molecule has 2 aliphatic heterocycles. The number of likely N-dealkylation sites (tertiary alicyclic amines) is 1. The predicted molar refractivity (Wildman–Crippen MR) is 137 cm³/mol. The fraction of sp³-hybridized carbons (Fsp3) is 0.444. The van der Waals surface area contributed by atoms with Crippen LogP contribution in [0.5, 0.6) is 0 Å². The Morgan fingerprint density at radius 3 is 2.43 bits per heavy atom. The fourth-order valence-electron chi connectivity index (χ4n) is 5.38. The van der Waals surface area contributed by atoms with Gasteiger partial charge in [-0.3, -0.25) is 4.79 Å². The maximum Gasteiger partial charge on any atom is 0.226 e. The summed E-state index contributed by atoms with van der Waals surface area (Å²) in [6, 6.07) is 15.5. The molecular formula is C27H32N4O3S. The third-order valence-electron chi connectivity index (χ3n) is 7.41. The van der Waals surface area contributed by atoms with E-state index in [2.05, 4.69) is 34.1 Å². The Balaban J connectivity index is 1.26. The molecule has 7 nitrogen and oxygen atoms in total. The molecule has 2 saturated heterocycles. The monoisotopic (exact) mass is 492 g/mol. The number of hydrogen-bond donors (Lipinski definition) is 0. The summed E-state index contributed by atoms with van der Waals surface area (Å²) in [5.74, 6) is 1.33. The third-order valence-corrected chi connectivity index (χ3v) is 8.52. The quantitative estimate of drug-likeness (QED) is 0.548. The molecule has 0 aliphatic carbocycles. The van der Waals surface area contributed by atoms with Crippen molar-refractivity contribution in [2.75, 3.05) is 37.3 Å². The van der Waals surface area contributed by atoms with Crippen molar-refractivity contribution in [2.24, 2.45) is 5.92 Å². The number of benzene rings is 2. The molecule has 3 heterocycles. The van der Waals surface area contributed by atoms with Gasteiger partial charge in [-0.1, -0.05) is 30.3 Å². The molecule has 5 rings (SSSR count). The van der Waals surface area contributed by atoms with Crippen LogP contribution in [0.25, 0.3) is 10.9 Å². The standard InChI is InChI=1S/C27H32N4O3S/c1-19-24-11-10-23(35(2,33)34)17-25(24)29-27(28-19)30-15-12-21(13-16-30)26(32)31-14-6-9-22(18-31)20-7-4-3-5-8-20/h3-5,7-8,10-11,17,21-22H,6,9,12-16,18H2,1-2H3. The highest BCUT2D eigenvalue weighted by Crippen LogP contribution is 2.30. The highest BCUT2D eigenvalue weighted by Gasteiger charge is 2.32. The molecule has 0 bridgehead atoms. The first kappa shape index (κ1) is 23.7. The van der Waals surface area contributed by atoms with E-state index in [0.717, 1.165) is 49.9 Å². The topological polar surface area (TPSA) is 83.5 Å². The van der Waals surface area contributed by atoms with Crippen molar-refractivity contribution in [3.8, 4) is 0 Å². The van der Waals surface area contributed by atoms with E-state index in [1.165, 1.54) is 11.8 Å². The van der Waals surface area contributed by atoms with Crippen molar-refractivity contribution in [3.05, 3.63) is 59.8 Å². The largest absolute Gasteiger partial charge is 0.342 e. The van der Waals surface area contributed by atoms with E-state index in [1.54, 1.807) is 18.2 Å². The van der Waals surface area contributed by atoms with Crippen molar-refractivity contribution in [3.63, 3.8) is 0 Å². The zero-order valence-corrected chi connectivity index (χ0v) is 21.2. The molecule has 1 amide bonds. The summed E-state index contributed by atoms with van der Waals surface area (Å²) < 4.78 is 24.0. The molecule has 2 fully saturated rings. The lowest BCUT2D eigenvalue weighted by Crippen LogP contribution is -2.46. The second kappa shape index (κ2) is 9.57. The molecule has 3 aromatic rings. The number of nitrogens with zero attached hydrogens (tertiary/aromatic N) is 4. The zero-order valence-electron chi connectivity index (χ0n) is 20.4. The fourth-order valence-corrected chi connectivity index (χ4v) is 6.03. The average Bonchev–Trinajstić information content (AvgIpc) is 2.88. The van der Waals surface area contributed by atoms with Crippen molar-refractivity contribution in [1.82, 2.24) is 14.9 Å². The van der Waals surface area contributed by atoms with Gasteiger partial charge in [0, 0.05) is 49.7 Å². The molecule has 35 heavy (non-hydrogen) atoms. The van der Waals surface area contributed by atoms with Gasteiger partial charge >= 0.3 is 0 Å². The Kier molecular flexibility index (Phi) is 6.49. The minimum atomic E-state index is -3.31. The first-order valence-corrected chi connectivity index (χ1v) is 14.3. The van der Waals surface area contributed by atoms with E-state index in [9.17, 15) is 13.2 Å². The van der Waals surface area contributed by atoms with Gasteiger partial charge in [-0.25, -0.2) is 18.4 Å².